The molecule has 0 N–H and O–H groups in total. The van der Waals surface area contributed by atoms with Crippen LogP contribution in [-0.4, -0.2) is 30.0 Å². The number of nitro groups is 1. The van der Waals surface area contributed by atoms with E-state index >= 15 is 0 Å². The zero-order valence-corrected chi connectivity index (χ0v) is 9.92. The van der Waals surface area contributed by atoms with Gasteiger partial charge < -0.3 is 9.47 Å². The number of hydrogen-bond acceptors (Lipinski definition) is 5. The van der Waals surface area contributed by atoms with Crippen LogP contribution in [0.3, 0.4) is 0 Å². The number of rotatable bonds is 4. The molecule has 0 aromatic heterocycles. The number of non-ortho nitro benzene ring substituents is 1. The highest BCUT2D eigenvalue weighted by Gasteiger charge is 2.21. The van der Waals surface area contributed by atoms with Gasteiger partial charge in [-0.2, -0.15) is 0 Å². The monoisotopic (exact) mass is 251 g/mol. The van der Waals surface area contributed by atoms with Crippen molar-refractivity contribution in [3.05, 3.63) is 33.9 Å². The van der Waals surface area contributed by atoms with Crippen LogP contribution in [-0.2, 0) is 4.74 Å². The summed E-state index contributed by atoms with van der Waals surface area (Å²) in [5, 5.41) is 10.7. The molecule has 0 aliphatic carbocycles. The van der Waals surface area contributed by atoms with Gasteiger partial charge in [-0.3, -0.25) is 14.9 Å². The molecule has 1 unspecified atom stereocenters. The predicted molar refractivity (Wildman–Crippen MR) is 63.0 cm³/mol. The summed E-state index contributed by atoms with van der Waals surface area (Å²) >= 11 is 0. The Bertz CT molecular complexity index is 479. The molecule has 0 radical (unpaired) electrons. The molecule has 6 heteroatoms. The molecular weight excluding hydrogens is 238 g/mol. The summed E-state index contributed by atoms with van der Waals surface area (Å²) in [5.41, 5.74) is 0.117. The largest absolute Gasteiger partial charge is 0.487 e. The molecule has 6 nitrogen and oxygen atoms in total. The van der Waals surface area contributed by atoms with Gasteiger partial charge in [0.15, 0.2) is 5.78 Å². The second kappa shape index (κ2) is 5.14. The lowest BCUT2D eigenvalue weighted by atomic mass is 10.1. The molecule has 2 rings (SSSR count). The van der Waals surface area contributed by atoms with Crippen molar-refractivity contribution in [3.63, 3.8) is 0 Å². The third-order valence-corrected chi connectivity index (χ3v) is 2.73. The van der Waals surface area contributed by atoms with Crippen molar-refractivity contribution in [2.24, 2.45) is 0 Å². The Labute approximate surface area is 104 Å². The van der Waals surface area contributed by atoms with E-state index in [1.54, 1.807) is 0 Å². The Balaban J connectivity index is 2.28. The Morgan fingerprint density at radius 2 is 2.33 bits per heavy atom. The quantitative estimate of drug-likeness (QED) is 0.464. The van der Waals surface area contributed by atoms with E-state index in [2.05, 4.69) is 0 Å². The zero-order chi connectivity index (χ0) is 13.1. The molecule has 1 saturated heterocycles. The molecule has 0 bridgehead atoms. The maximum atomic E-state index is 11.5. The van der Waals surface area contributed by atoms with Gasteiger partial charge in [0.2, 0.25) is 0 Å². The third kappa shape index (κ3) is 2.65. The lowest BCUT2D eigenvalue weighted by molar-refractivity contribution is -0.384. The van der Waals surface area contributed by atoms with Gasteiger partial charge in [0, 0.05) is 18.6 Å². The molecule has 18 heavy (non-hydrogen) atoms. The smallest absolute Gasteiger partial charge is 0.270 e. The topological polar surface area (TPSA) is 78.7 Å². The van der Waals surface area contributed by atoms with Crippen molar-refractivity contribution in [2.75, 3.05) is 13.2 Å². The third-order valence-electron chi connectivity index (χ3n) is 2.73. The number of nitrogens with zero attached hydrogens (tertiary/aromatic N) is 1. The van der Waals surface area contributed by atoms with Crippen molar-refractivity contribution in [3.8, 4) is 5.75 Å². The first kappa shape index (κ1) is 12.5. The molecule has 96 valence electrons. The van der Waals surface area contributed by atoms with Gasteiger partial charge in [-0.25, -0.2) is 0 Å². The molecule has 1 atom stereocenters. The van der Waals surface area contributed by atoms with E-state index in [1.165, 1.54) is 25.1 Å². The Kier molecular flexibility index (Phi) is 3.57. The second-order valence-electron chi connectivity index (χ2n) is 4.10. The lowest BCUT2D eigenvalue weighted by Gasteiger charge is -2.14. The average Bonchev–Trinajstić information content (AvgIpc) is 2.81. The number of hydrogen-bond donors (Lipinski definition) is 0. The number of ketones is 1. The van der Waals surface area contributed by atoms with E-state index in [0.29, 0.717) is 19.0 Å². The van der Waals surface area contributed by atoms with Crippen LogP contribution in [0.2, 0.25) is 0 Å². The summed E-state index contributed by atoms with van der Waals surface area (Å²) in [7, 11) is 0. The molecule has 0 saturated carbocycles. The summed E-state index contributed by atoms with van der Waals surface area (Å²) < 4.78 is 10.8. The van der Waals surface area contributed by atoms with Crippen LogP contribution >= 0.6 is 0 Å². The predicted octanol–water partition coefficient (Wildman–Crippen LogP) is 1.97. The standard InChI is InChI=1S/C12H13NO5/c1-8(14)11-6-9(13(15)16)2-3-12(11)18-10-4-5-17-7-10/h2-3,6,10H,4-5,7H2,1H3. The fourth-order valence-corrected chi connectivity index (χ4v) is 1.79. The highest BCUT2D eigenvalue weighted by molar-refractivity contribution is 5.97. The van der Waals surface area contributed by atoms with E-state index in [1.807, 2.05) is 0 Å². The van der Waals surface area contributed by atoms with Gasteiger partial charge in [0.1, 0.15) is 11.9 Å². The number of Topliss-reactive ketones (excluding diaryl/α,β-unsaturated/α-hetero) is 1. The van der Waals surface area contributed by atoms with Crippen molar-refractivity contribution in [1.29, 1.82) is 0 Å². The summed E-state index contributed by atoms with van der Waals surface area (Å²) in [5.74, 6) is 0.121. The highest BCUT2D eigenvalue weighted by Crippen LogP contribution is 2.26. The van der Waals surface area contributed by atoms with Crippen LogP contribution in [0.4, 0.5) is 5.69 Å². The van der Waals surface area contributed by atoms with Crippen molar-refractivity contribution in [2.45, 2.75) is 19.4 Å². The highest BCUT2D eigenvalue weighted by atomic mass is 16.6. The number of ether oxygens (including phenoxy) is 2. The summed E-state index contributed by atoms with van der Waals surface area (Å²) in [6.45, 7) is 2.47. The van der Waals surface area contributed by atoms with Crippen LogP contribution in [0.25, 0.3) is 0 Å². The van der Waals surface area contributed by atoms with Gasteiger partial charge in [0.05, 0.1) is 23.7 Å². The molecule has 1 fully saturated rings. The number of carbonyl (C=O) groups excluding carboxylic acids is 1. The van der Waals surface area contributed by atoms with Crippen molar-refractivity contribution in [1.82, 2.24) is 0 Å². The Hall–Kier alpha value is -1.95. The molecule has 1 aromatic rings. The van der Waals surface area contributed by atoms with Gasteiger partial charge in [-0.1, -0.05) is 0 Å². The maximum absolute atomic E-state index is 11.5. The molecule has 1 aliphatic rings. The van der Waals surface area contributed by atoms with Crippen LogP contribution in [0, 0.1) is 10.1 Å². The molecular formula is C12H13NO5. The van der Waals surface area contributed by atoms with Gasteiger partial charge in [-0.05, 0) is 13.0 Å². The van der Waals surface area contributed by atoms with Crippen molar-refractivity contribution < 1.29 is 19.2 Å². The minimum Gasteiger partial charge on any atom is -0.487 e. The van der Waals surface area contributed by atoms with Crippen LogP contribution < -0.4 is 4.74 Å². The molecule has 0 spiro atoms. The summed E-state index contributed by atoms with van der Waals surface area (Å²) in [4.78, 5) is 21.6. The van der Waals surface area contributed by atoms with E-state index in [9.17, 15) is 14.9 Å². The molecule has 1 aromatic carbocycles. The van der Waals surface area contributed by atoms with Crippen LogP contribution in [0.15, 0.2) is 18.2 Å². The van der Waals surface area contributed by atoms with E-state index in [-0.39, 0.29) is 23.1 Å². The lowest BCUT2D eigenvalue weighted by Crippen LogP contribution is -2.17. The molecule has 1 aliphatic heterocycles. The van der Waals surface area contributed by atoms with E-state index in [0.717, 1.165) is 6.42 Å². The van der Waals surface area contributed by atoms with Crippen molar-refractivity contribution >= 4 is 11.5 Å². The summed E-state index contributed by atoms with van der Waals surface area (Å²) in [6.07, 6.45) is 0.665. The van der Waals surface area contributed by atoms with Gasteiger partial charge in [-0.15, -0.1) is 0 Å². The maximum Gasteiger partial charge on any atom is 0.270 e. The normalized spacial score (nSPS) is 18.6. The first-order valence-corrected chi connectivity index (χ1v) is 5.61. The SMILES string of the molecule is CC(=O)c1cc([N+](=O)[O-])ccc1OC1CCOC1. The minimum absolute atomic E-state index is 0.0930. The number of carbonyl (C=O) groups is 1. The summed E-state index contributed by atoms with van der Waals surface area (Å²) in [6, 6.07) is 4.04. The molecule has 1 heterocycles. The Morgan fingerprint density at radius 1 is 1.56 bits per heavy atom. The van der Waals surface area contributed by atoms with Crippen LogP contribution in [0.5, 0.6) is 5.75 Å². The number of benzene rings is 1. The molecule has 0 amide bonds. The van der Waals surface area contributed by atoms with Crippen LogP contribution in [0.1, 0.15) is 23.7 Å². The van der Waals surface area contributed by atoms with Gasteiger partial charge >= 0.3 is 0 Å². The Morgan fingerprint density at radius 3 is 2.89 bits per heavy atom. The second-order valence-corrected chi connectivity index (χ2v) is 4.10. The van der Waals surface area contributed by atoms with Gasteiger partial charge in [0.25, 0.3) is 5.69 Å². The first-order chi connectivity index (χ1) is 8.58. The zero-order valence-electron chi connectivity index (χ0n) is 9.92. The van der Waals surface area contributed by atoms with E-state index in [4.69, 9.17) is 9.47 Å². The fraction of sp³-hybridized carbons (Fsp3) is 0.417. The van der Waals surface area contributed by atoms with E-state index < -0.39 is 4.92 Å². The minimum atomic E-state index is -0.533. The number of nitro benzene ring substituents is 1. The fourth-order valence-electron chi connectivity index (χ4n) is 1.79. The first-order valence-electron chi connectivity index (χ1n) is 5.61. The average molecular weight is 251 g/mol.